The molecule has 0 heterocycles. The van der Waals surface area contributed by atoms with Gasteiger partial charge >= 0.3 is 17.9 Å². The predicted octanol–water partition coefficient (Wildman–Crippen LogP) is 21.5. The summed E-state index contributed by atoms with van der Waals surface area (Å²) >= 11 is 0. The first-order chi connectivity index (χ1) is 34.5. The maximum atomic E-state index is 12.8. The molecule has 0 aliphatic rings. The average Bonchev–Trinajstić information content (AvgIpc) is 3.36. The van der Waals surface area contributed by atoms with Crippen molar-refractivity contribution in [3.8, 4) is 0 Å². The lowest BCUT2D eigenvalue weighted by Crippen LogP contribution is -2.30. The predicted molar refractivity (Wildman–Crippen MR) is 303 cm³/mol. The average molecular weight is 990 g/mol. The fourth-order valence-electron chi connectivity index (χ4n) is 10.0. The molecule has 6 nitrogen and oxygen atoms in total. The Labute approximate surface area is 438 Å². The lowest BCUT2D eigenvalue weighted by atomic mass is 10.0. The van der Waals surface area contributed by atoms with Gasteiger partial charge in [0.2, 0.25) is 0 Å². The SMILES string of the molecule is CCCCCCCCCCCCCCCCCCCCCCCCCCCCCCCCC(=O)OCC(COC(=O)CCCCCCCC)OC(=O)CCCCCCCCCCCCCCCCCC. The smallest absolute Gasteiger partial charge is 0.306 e. The van der Waals surface area contributed by atoms with Crippen LogP contribution in [0.25, 0.3) is 0 Å². The highest BCUT2D eigenvalue weighted by atomic mass is 16.6. The summed E-state index contributed by atoms with van der Waals surface area (Å²) in [5.41, 5.74) is 0. The normalized spacial score (nSPS) is 11.9. The summed E-state index contributed by atoms with van der Waals surface area (Å²) in [7, 11) is 0. The van der Waals surface area contributed by atoms with E-state index in [0.29, 0.717) is 19.3 Å². The second-order valence-electron chi connectivity index (χ2n) is 22.1. The summed E-state index contributed by atoms with van der Waals surface area (Å²) < 4.78 is 16.8. The second kappa shape index (κ2) is 60.0. The van der Waals surface area contributed by atoms with Gasteiger partial charge in [0, 0.05) is 19.3 Å². The molecule has 70 heavy (non-hydrogen) atoms. The van der Waals surface area contributed by atoms with E-state index in [4.69, 9.17) is 14.2 Å². The molecule has 0 saturated carbocycles. The van der Waals surface area contributed by atoms with E-state index in [-0.39, 0.29) is 31.1 Å². The van der Waals surface area contributed by atoms with Crippen LogP contribution in [-0.4, -0.2) is 37.2 Å². The molecule has 416 valence electrons. The van der Waals surface area contributed by atoms with Gasteiger partial charge in [0.25, 0.3) is 0 Å². The molecule has 6 heteroatoms. The molecule has 0 N–H and O–H groups in total. The van der Waals surface area contributed by atoms with Gasteiger partial charge in [0.05, 0.1) is 0 Å². The lowest BCUT2D eigenvalue weighted by molar-refractivity contribution is -0.167. The molecule has 1 unspecified atom stereocenters. The number of ether oxygens (including phenoxy) is 3. The Bertz CT molecular complexity index is 1040. The van der Waals surface area contributed by atoms with Gasteiger partial charge in [-0.05, 0) is 19.3 Å². The summed E-state index contributed by atoms with van der Waals surface area (Å²) in [4.78, 5) is 37.9. The van der Waals surface area contributed by atoms with Crippen LogP contribution in [0.4, 0.5) is 0 Å². The van der Waals surface area contributed by atoms with Crippen molar-refractivity contribution in [2.45, 2.75) is 380 Å². The molecule has 0 aliphatic heterocycles. The highest BCUT2D eigenvalue weighted by molar-refractivity contribution is 5.71. The van der Waals surface area contributed by atoms with Gasteiger partial charge in [-0.2, -0.15) is 0 Å². The monoisotopic (exact) mass is 989 g/mol. The van der Waals surface area contributed by atoms with Gasteiger partial charge in [-0.3, -0.25) is 14.4 Å². The zero-order chi connectivity index (χ0) is 50.7. The van der Waals surface area contributed by atoms with Crippen LogP contribution in [0.15, 0.2) is 0 Å². The van der Waals surface area contributed by atoms with E-state index in [2.05, 4.69) is 20.8 Å². The standard InChI is InChI=1S/C64H124O6/c1-4-7-10-13-16-18-20-22-24-26-27-28-29-30-31-32-33-34-35-36-37-38-39-41-42-44-46-48-51-54-57-63(66)69-60-61(59-68-62(65)56-53-50-15-12-9-6-3)70-64(67)58-55-52-49-47-45-43-40-25-23-21-19-17-14-11-8-5-2/h61H,4-60H2,1-3H3. The van der Waals surface area contributed by atoms with Crippen LogP contribution in [0.2, 0.25) is 0 Å². The zero-order valence-electron chi connectivity index (χ0n) is 47.8. The Morgan fingerprint density at radius 3 is 0.571 bits per heavy atom. The minimum absolute atomic E-state index is 0.0621. The van der Waals surface area contributed by atoms with Crippen LogP contribution in [-0.2, 0) is 28.6 Å². The minimum Gasteiger partial charge on any atom is -0.462 e. The molecule has 0 spiro atoms. The Hall–Kier alpha value is -1.59. The number of unbranched alkanes of at least 4 members (excludes halogenated alkanes) is 49. The third-order valence-corrected chi connectivity index (χ3v) is 14.9. The quantitative estimate of drug-likeness (QED) is 0.0343. The first-order valence-corrected chi connectivity index (χ1v) is 32.0. The van der Waals surface area contributed by atoms with Crippen molar-refractivity contribution >= 4 is 17.9 Å². The summed E-state index contributed by atoms with van der Waals surface area (Å²) in [5.74, 6) is -0.844. The molecule has 0 aliphatic carbocycles. The highest BCUT2D eigenvalue weighted by Gasteiger charge is 2.19. The number of rotatable bonds is 60. The fraction of sp³-hybridized carbons (Fsp3) is 0.953. The van der Waals surface area contributed by atoms with Crippen LogP contribution in [0.1, 0.15) is 374 Å². The molecule has 0 aromatic heterocycles. The molecular weight excluding hydrogens is 865 g/mol. The van der Waals surface area contributed by atoms with Crippen LogP contribution in [0, 0.1) is 0 Å². The number of hydrogen-bond donors (Lipinski definition) is 0. The number of hydrogen-bond acceptors (Lipinski definition) is 6. The van der Waals surface area contributed by atoms with Gasteiger partial charge in [-0.25, -0.2) is 0 Å². The van der Waals surface area contributed by atoms with Crippen LogP contribution in [0.3, 0.4) is 0 Å². The highest BCUT2D eigenvalue weighted by Crippen LogP contribution is 2.19. The van der Waals surface area contributed by atoms with Crippen molar-refractivity contribution in [2.75, 3.05) is 13.2 Å². The van der Waals surface area contributed by atoms with Crippen molar-refractivity contribution in [1.82, 2.24) is 0 Å². The topological polar surface area (TPSA) is 78.9 Å². The molecule has 0 amide bonds. The summed E-state index contributed by atoms with van der Waals surface area (Å²) in [6, 6.07) is 0. The molecule has 0 aromatic rings. The van der Waals surface area contributed by atoms with Crippen molar-refractivity contribution in [3.63, 3.8) is 0 Å². The molecule has 0 saturated heterocycles. The third-order valence-electron chi connectivity index (χ3n) is 14.9. The number of esters is 3. The van der Waals surface area contributed by atoms with Crippen molar-refractivity contribution in [2.24, 2.45) is 0 Å². The number of carbonyl (C=O) groups is 3. The van der Waals surface area contributed by atoms with E-state index >= 15 is 0 Å². The fourth-order valence-corrected chi connectivity index (χ4v) is 10.0. The van der Waals surface area contributed by atoms with Gasteiger partial charge in [-0.15, -0.1) is 0 Å². The van der Waals surface area contributed by atoms with Gasteiger partial charge < -0.3 is 14.2 Å². The van der Waals surface area contributed by atoms with Crippen molar-refractivity contribution in [1.29, 1.82) is 0 Å². The first kappa shape index (κ1) is 68.4. The Morgan fingerprint density at radius 2 is 0.386 bits per heavy atom. The molecule has 0 bridgehead atoms. The first-order valence-electron chi connectivity index (χ1n) is 32.0. The second-order valence-corrected chi connectivity index (χ2v) is 22.1. The Kier molecular flexibility index (Phi) is 58.6. The summed E-state index contributed by atoms with van der Waals surface area (Å²) in [6.45, 7) is 6.65. The van der Waals surface area contributed by atoms with E-state index in [1.165, 1.54) is 276 Å². The lowest BCUT2D eigenvalue weighted by Gasteiger charge is -2.18. The molecule has 0 fully saturated rings. The molecule has 0 aromatic carbocycles. The molecule has 0 rings (SSSR count). The molecule has 1 atom stereocenters. The van der Waals surface area contributed by atoms with Crippen molar-refractivity contribution in [3.05, 3.63) is 0 Å². The zero-order valence-corrected chi connectivity index (χ0v) is 47.8. The summed E-state index contributed by atoms with van der Waals surface area (Å²) in [6.07, 6.45) is 68.8. The third kappa shape index (κ3) is 57.3. The van der Waals surface area contributed by atoms with E-state index in [9.17, 15) is 14.4 Å². The maximum absolute atomic E-state index is 12.8. The van der Waals surface area contributed by atoms with E-state index in [1.807, 2.05) is 0 Å². The Morgan fingerprint density at radius 1 is 0.229 bits per heavy atom. The van der Waals surface area contributed by atoms with Gasteiger partial charge in [0.15, 0.2) is 6.10 Å². The molecular formula is C64H124O6. The summed E-state index contributed by atoms with van der Waals surface area (Å²) in [5, 5.41) is 0. The Balaban J connectivity index is 3.92. The van der Waals surface area contributed by atoms with Gasteiger partial charge in [-0.1, -0.05) is 335 Å². The molecule has 0 radical (unpaired) electrons. The van der Waals surface area contributed by atoms with Crippen LogP contribution in [0.5, 0.6) is 0 Å². The maximum Gasteiger partial charge on any atom is 0.306 e. The largest absolute Gasteiger partial charge is 0.462 e. The van der Waals surface area contributed by atoms with E-state index in [1.54, 1.807) is 0 Å². The van der Waals surface area contributed by atoms with Crippen LogP contribution < -0.4 is 0 Å². The van der Waals surface area contributed by atoms with E-state index in [0.717, 1.165) is 57.8 Å². The minimum atomic E-state index is -0.760. The number of carbonyl (C=O) groups excluding carboxylic acids is 3. The van der Waals surface area contributed by atoms with Crippen molar-refractivity contribution < 1.29 is 28.6 Å². The van der Waals surface area contributed by atoms with Crippen LogP contribution >= 0.6 is 0 Å². The van der Waals surface area contributed by atoms with Gasteiger partial charge in [0.1, 0.15) is 13.2 Å². The van der Waals surface area contributed by atoms with E-state index < -0.39 is 6.10 Å².